The molecule has 0 aliphatic heterocycles. The van der Waals surface area contributed by atoms with Crippen molar-refractivity contribution in [2.75, 3.05) is 4.90 Å². The Balaban J connectivity index is 1.02. The highest BCUT2D eigenvalue weighted by atomic mass is 32.1. The molecule has 0 bridgehead atoms. The summed E-state index contributed by atoms with van der Waals surface area (Å²) in [4.78, 5) is 2.41. The van der Waals surface area contributed by atoms with Crippen molar-refractivity contribution in [2.45, 2.75) is 5.41 Å². The fourth-order valence-electron chi connectivity index (χ4n) is 9.92. The van der Waals surface area contributed by atoms with Crippen molar-refractivity contribution in [3.63, 3.8) is 0 Å². The maximum atomic E-state index is 2.41. The summed E-state index contributed by atoms with van der Waals surface area (Å²) in [6.07, 6.45) is 0. The molecule has 10 aromatic carbocycles. The molecule has 1 aromatic heterocycles. The van der Waals surface area contributed by atoms with Gasteiger partial charge in [-0.1, -0.05) is 182 Å². The average molecular weight is 768 g/mol. The summed E-state index contributed by atoms with van der Waals surface area (Å²) >= 11 is 1.88. The van der Waals surface area contributed by atoms with Crippen LogP contribution in [0.15, 0.2) is 224 Å². The van der Waals surface area contributed by atoms with Gasteiger partial charge in [-0.2, -0.15) is 0 Å². The number of hydrogen-bond acceptors (Lipinski definition) is 2. The van der Waals surface area contributed by atoms with E-state index in [1.807, 2.05) is 11.3 Å². The van der Waals surface area contributed by atoms with Gasteiger partial charge in [-0.05, 0) is 109 Å². The molecule has 12 rings (SSSR count). The molecule has 0 N–H and O–H groups in total. The van der Waals surface area contributed by atoms with Crippen LogP contribution in [0.1, 0.15) is 22.3 Å². The number of hydrogen-bond donors (Lipinski definition) is 0. The fraction of sp³-hybridized carbons (Fsp3) is 0.0175. The minimum Gasteiger partial charge on any atom is -0.310 e. The summed E-state index contributed by atoms with van der Waals surface area (Å²) in [6, 6.07) is 83.0. The third-order valence-electron chi connectivity index (χ3n) is 12.5. The van der Waals surface area contributed by atoms with Crippen LogP contribution in [0, 0.1) is 0 Å². The summed E-state index contributed by atoms with van der Waals surface area (Å²) < 4.78 is 2.65. The Morgan fingerprint density at radius 1 is 0.339 bits per heavy atom. The predicted octanol–water partition coefficient (Wildman–Crippen LogP) is 15.9. The van der Waals surface area contributed by atoms with Crippen LogP contribution >= 0.6 is 11.3 Å². The maximum absolute atomic E-state index is 2.41. The predicted molar refractivity (Wildman–Crippen MR) is 252 cm³/mol. The van der Waals surface area contributed by atoms with E-state index >= 15 is 0 Å². The Morgan fingerprint density at radius 3 is 1.64 bits per heavy atom. The molecule has 11 aromatic rings. The van der Waals surface area contributed by atoms with Crippen LogP contribution in [0.5, 0.6) is 0 Å². The average Bonchev–Trinajstić information content (AvgIpc) is 3.84. The molecular formula is C57H37NS. The highest BCUT2D eigenvalue weighted by Gasteiger charge is 2.45. The van der Waals surface area contributed by atoms with Crippen molar-refractivity contribution in [1.29, 1.82) is 0 Å². The van der Waals surface area contributed by atoms with Gasteiger partial charge in [0.1, 0.15) is 0 Å². The van der Waals surface area contributed by atoms with Crippen molar-refractivity contribution in [3.8, 4) is 22.3 Å². The minimum atomic E-state index is -0.447. The van der Waals surface area contributed by atoms with Gasteiger partial charge in [-0.15, -0.1) is 11.3 Å². The molecule has 1 heterocycles. The van der Waals surface area contributed by atoms with Crippen molar-refractivity contribution in [1.82, 2.24) is 0 Å². The molecule has 0 atom stereocenters. The molecule has 0 amide bonds. The molecule has 1 aliphatic carbocycles. The van der Waals surface area contributed by atoms with Crippen LogP contribution in [-0.4, -0.2) is 0 Å². The number of fused-ring (bicyclic) bond motifs is 9. The van der Waals surface area contributed by atoms with Crippen molar-refractivity contribution < 1.29 is 0 Å². The molecule has 1 nitrogen and oxygen atoms in total. The van der Waals surface area contributed by atoms with E-state index in [4.69, 9.17) is 0 Å². The molecule has 0 unspecified atom stereocenters. The highest BCUT2D eigenvalue weighted by molar-refractivity contribution is 7.26. The van der Waals surface area contributed by atoms with E-state index < -0.39 is 5.41 Å². The second kappa shape index (κ2) is 13.4. The Labute approximate surface area is 347 Å². The number of thiophene rings is 1. The van der Waals surface area contributed by atoms with Crippen LogP contribution in [0.2, 0.25) is 0 Å². The molecule has 0 radical (unpaired) electrons. The van der Waals surface area contributed by atoms with Gasteiger partial charge in [0.25, 0.3) is 0 Å². The minimum absolute atomic E-state index is 0.447. The van der Waals surface area contributed by atoms with E-state index in [9.17, 15) is 0 Å². The smallest absolute Gasteiger partial charge is 0.0713 e. The molecule has 0 fully saturated rings. The fourth-order valence-corrected chi connectivity index (χ4v) is 11.2. The third kappa shape index (κ3) is 5.17. The van der Waals surface area contributed by atoms with E-state index in [1.54, 1.807) is 0 Å². The summed E-state index contributed by atoms with van der Waals surface area (Å²) in [5, 5.41) is 7.65. The van der Waals surface area contributed by atoms with E-state index in [0.29, 0.717) is 0 Å². The molecule has 276 valence electrons. The van der Waals surface area contributed by atoms with E-state index in [-0.39, 0.29) is 0 Å². The first kappa shape index (κ1) is 33.8. The third-order valence-corrected chi connectivity index (χ3v) is 13.8. The number of benzene rings is 10. The quantitative estimate of drug-likeness (QED) is 0.152. The second-order valence-electron chi connectivity index (χ2n) is 15.6. The SMILES string of the molecule is c1ccc(C2(c3ccc(N(c4ccc(-c5cccc6c5sc5ccccc56)cc4)c4ccc5c(ccc6ccccc65)c4)cc3)c3ccccc3-c3ccccc32)cc1. The maximum Gasteiger partial charge on any atom is 0.0713 e. The van der Waals surface area contributed by atoms with Crippen molar-refractivity contribution in [3.05, 3.63) is 247 Å². The summed E-state index contributed by atoms with van der Waals surface area (Å²) in [6.45, 7) is 0. The van der Waals surface area contributed by atoms with Gasteiger partial charge >= 0.3 is 0 Å². The lowest BCUT2D eigenvalue weighted by Crippen LogP contribution is -2.28. The molecule has 0 saturated heterocycles. The number of rotatable bonds is 6. The largest absolute Gasteiger partial charge is 0.310 e. The van der Waals surface area contributed by atoms with Crippen LogP contribution in [0.25, 0.3) is 64.0 Å². The first-order valence-electron chi connectivity index (χ1n) is 20.3. The first-order valence-corrected chi connectivity index (χ1v) is 21.2. The van der Waals surface area contributed by atoms with Crippen molar-refractivity contribution >= 4 is 70.1 Å². The Morgan fingerprint density at radius 2 is 0.881 bits per heavy atom. The van der Waals surface area contributed by atoms with Crippen LogP contribution in [-0.2, 0) is 5.41 Å². The molecule has 0 spiro atoms. The summed E-state index contributed by atoms with van der Waals surface area (Å²) in [5.41, 5.74) is 13.1. The van der Waals surface area contributed by atoms with Gasteiger partial charge in [0.2, 0.25) is 0 Å². The monoisotopic (exact) mass is 767 g/mol. The highest BCUT2D eigenvalue weighted by Crippen LogP contribution is 2.56. The number of anilines is 3. The molecule has 59 heavy (non-hydrogen) atoms. The Kier molecular flexibility index (Phi) is 7.69. The first-order chi connectivity index (χ1) is 29.3. The summed E-state index contributed by atoms with van der Waals surface area (Å²) in [5.74, 6) is 0. The topological polar surface area (TPSA) is 3.24 Å². The summed E-state index contributed by atoms with van der Waals surface area (Å²) in [7, 11) is 0. The molecule has 2 heteroatoms. The lowest BCUT2D eigenvalue weighted by Gasteiger charge is -2.34. The van der Waals surface area contributed by atoms with Gasteiger partial charge < -0.3 is 4.90 Å². The normalized spacial score (nSPS) is 12.9. The Bertz CT molecular complexity index is 3330. The number of nitrogens with zero attached hydrogens (tertiary/aromatic N) is 1. The lowest BCUT2D eigenvalue weighted by molar-refractivity contribution is 0.768. The van der Waals surface area contributed by atoms with Gasteiger partial charge in [-0.25, -0.2) is 0 Å². The van der Waals surface area contributed by atoms with Gasteiger partial charge in [0.05, 0.1) is 5.41 Å². The van der Waals surface area contributed by atoms with Crippen LogP contribution < -0.4 is 4.90 Å². The van der Waals surface area contributed by atoms with Crippen LogP contribution in [0.4, 0.5) is 17.1 Å². The van der Waals surface area contributed by atoms with E-state index in [1.165, 1.54) is 86.2 Å². The zero-order valence-electron chi connectivity index (χ0n) is 32.2. The lowest BCUT2D eigenvalue weighted by atomic mass is 9.68. The van der Waals surface area contributed by atoms with Gasteiger partial charge in [0.15, 0.2) is 0 Å². The molecule has 0 saturated carbocycles. The Hall–Kier alpha value is -7.26. The zero-order chi connectivity index (χ0) is 38.9. The molecule has 1 aliphatic rings. The van der Waals surface area contributed by atoms with Gasteiger partial charge in [-0.3, -0.25) is 0 Å². The van der Waals surface area contributed by atoms with Crippen LogP contribution in [0.3, 0.4) is 0 Å². The van der Waals surface area contributed by atoms with E-state index in [2.05, 4.69) is 229 Å². The van der Waals surface area contributed by atoms with E-state index in [0.717, 1.165) is 17.1 Å². The second-order valence-corrected chi connectivity index (χ2v) is 16.7. The zero-order valence-corrected chi connectivity index (χ0v) is 33.0. The van der Waals surface area contributed by atoms with Gasteiger partial charge in [0, 0.05) is 37.2 Å². The van der Waals surface area contributed by atoms with Crippen molar-refractivity contribution in [2.24, 2.45) is 0 Å². The molecular weight excluding hydrogens is 731 g/mol. The standard InChI is InChI=1S/C57H37NS/c1-2-14-41(15-3-1)57(53-22-9-6-17-49(53)50-18-7-10-23-54(50)57)42-29-33-44(34-30-42)58(45-35-36-47-40(37-45)26-25-38-13-4-5-16-46(38)47)43-31-27-39(28-32-43)48-20-12-21-52-51-19-8-11-24-55(51)59-56(48)52/h1-37H.